The van der Waals surface area contributed by atoms with Crippen molar-refractivity contribution in [3.8, 4) is 5.75 Å². The number of hydrogen-bond acceptors (Lipinski definition) is 3. The first-order valence-corrected chi connectivity index (χ1v) is 11.6. The van der Waals surface area contributed by atoms with E-state index in [9.17, 15) is 18.4 Å². The van der Waals surface area contributed by atoms with E-state index >= 15 is 0 Å². The molecule has 0 aromatic heterocycles. The maximum Gasteiger partial charge on any atom is 0.265 e. The minimum absolute atomic E-state index is 0.0170. The van der Waals surface area contributed by atoms with Gasteiger partial charge in [-0.1, -0.05) is 32.0 Å². The highest BCUT2D eigenvalue weighted by Crippen LogP contribution is 2.38. The van der Waals surface area contributed by atoms with Gasteiger partial charge in [-0.05, 0) is 78.6 Å². The standard InChI is InChI=1S/C28H28F2N2O3/c1-17(2)28(34)32-15-14-19-6-13-24(16-25(19)26(32)20-4-7-21(29)8-5-20)35-18(3)27(33)31-23-11-9-22(30)10-12-23/h4-13,16-18,26H,14-15H2,1-3H3,(H,31,33). The third-order valence-corrected chi connectivity index (χ3v) is 6.10. The summed E-state index contributed by atoms with van der Waals surface area (Å²) in [7, 11) is 0. The Morgan fingerprint density at radius 1 is 0.943 bits per heavy atom. The fourth-order valence-electron chi connectivity index (χ4n) is 4.27. The lowest BCUT2D eigenvalue weighted by atomic mass is 9.87. The maximum atomic E-state index is 13.6. The lowest BCUT2D eigenvalue weighted by Gasteiger charge is -2.39. The molecule has 5 nitrogen and oxygen atoms in total. The summed E-state index contributed by atoms with van der Waals surface area (Å²) in [6, 6.07) is 16.9. The normalized spacial score (nSPS) is 15.9. The van der Waals surface area contributed by atoms with Crippen molar-refractivity contribution in [2.45, 2.75) is 39.3 Å². The van der Waals surface area contributed by atoms with Crippen LogP contribution in [-0.4, -0.2) is 29.4 Å². The number of hydrogen-bond donors (Lipinski definition) is 1. The summed E-state index contributed by atoms with van der Waals surface area (Å²) in [6.45, 7) is 5.91. The minimum Gasteiger partial charge on any atom is -0.481 e. The first kappa shape index (κ1) is 24.4. The Kier molecular flexibility index (Phi) is 7.15. The molecular formula is C28H28F2N2O3. The third-order valence-electron chi connectivity index (χ3n) is 6.10. The van der Waals surface area contributed by atoms with Crippen molar-refractivity contribution >= 4 is 17.5 Å². The van der Waals surface area contributed by atoms with Gasteiger partial charge in [0.15, 0.2) is 6.10 Å². The molecule has 0 radical (unpaired) electrons. The van der Waals surface area contributed by atoms with E-state index in [2.05, 4.69) is 5.32 Å². The Morgan fingerprint density at radius 3 is 2.20 bits per heavy atom. The summed E-state index contributed by atoms with van der Waals surface area (Å²) in [5.41, 5.74) is 3.24. The average molecular weight is 479 g/mol. The van der Waals surface area contributed by atoms with Crippen LogP contribution in [0, 0.1) is 17.6 Å². The van der Waals surface area contributed by atoms with Gasteiger partial charge in [0, 0.05) is 18.2 Å². The summed E-state index contributed by atoms with van der Waals surface area (Å²) in [6.07, 6.45) is -0.133. The molecule has 1 aliphatic rings. The molecule has 0 fully saturated rings. The van der Waals surface area contributed by atoms with Crippen LogP contribution in [-0.2, 0) is 16.0 Å². The highest BCUT2D eigenvalue weighted by atomic mass is 19.1. The molecule has 2 unspecified atom stereocenters. The van der Waals surface area contributed by atoms with Gasteiger partial charge in [-0.3, -0.25) is 9.59 Å². The summed E-state index contributed by atoms with van der Waals surface area (Å²) >= 11 is 0. The molecule has 0 spiro atoms. The smallest absolute Gasteiger partial charge is 0.265 e. The van der Waals surface area contributed by atoms with Gasteiger partial charge in [0.05, 0.1) is 6.04 Å². The van der Waals surface area contributed by atoms with E-state index in [0.29, 0.717) is 24.4 Å². The Bertz CT molecular complexity index is 1210. The number of carbonyl (C=O) groups is 2. The number of anilines is 1. The average Bonchev–Trinajstić information content (AvgIpc) is 2.84. The zero-order valence-electron chi connectivity index (χ0n) is 19.9. The molecule has 4 rings (SSSR count). The number of ether oxygens (including phenoxy) is 1. The Hall–Kier alpha value is -3.74. The van der Waals surface area contributed by atoms with Crippen LogP contribution in [0.4, 0.5) is 14.5 Å². The zero-order valence-corrected chi connectivity index (χ0v) is 19.9. The molecule has 2 atom stereocenters. The van der Waals surface area contributed by atoms with Crippen LogP contribution in [0.1, 0.15) is 43.5 Å². The van der Waals surface area contributed by atoms with E-state index < -0.39 is 6.10 Å². The first-order chi connectivity index (χ1) is 16.7. The van der Waals surface area contributed by atoms with Crippen molar-refractivity contribution in [2.75, 3.05) is 11.9 Å². The van der Waals surface area contributed by atoms with Crippen molar-refractivity contribution in [1.82, 2.24) is 4.90 Å². The van der Waals surface area contributed by atoms with E-state index in [0.717, 1.165) is 16.7 Å². The van der Waals surface area contributed by atoms with E-state index in [-0.39, 0.29) is 35.4 Å². The highest BCUT2D eigenvalue weighted by Gasteiger charge is 2.33. The molecule has 0 saturated carbocycles. The van der Waals surface area contributed by atoms with Crippen molar-refractivity contribution in [3.63, 3.8) is 0 Å². The molecule has 0 saturated heterocycles. The molecule has 0 bridgehead atoms. The molecule has 3 aromatic rings. The van der Waals surface area contributed by atoms with Crippen LogP contribution in [0.3, 0.4) is 0 Å². The lowest BCUT2D eigenvalue weighted by molar-refractivity contribution is -0.136. The number of fused-ring (bicyclic) bond motifs is 1. The number of carbonyl (C=O) groups excluding carboxylic acids is 2. The second kappa shape index (κ2) is 10.3. The molecule has 0 aliphatic carbocycles. The van der Waals surface area contributed by atoms with Gasteiger partial charge in [-0.25, -0.2) is 8.78 Å². The first-order valence-electron chi connectivity index (χ1n) is 11.6. The van der Waals surface area contributed by atoms with Crippen molar-refractivity contribution in [2.24, 2.45) is 5.92 Å². The number of nitrogens with one attached hydrogen (secondary N) is 1. The molecule has 3 aromatic carbocycles. The zero-order chi connectivity index (χ0) is 25.1. The predicted molar refractivity (Wildman–Crippen MR) is 130 cm³/mol. The molecule has 1 heterocycles. The summed E-state index contributed by atoms with van der Waals surface area (Å²) in [5.74, 6) is -0.790. The molecule has 1 aliphatic heterocycles. The lowest BCUT2D eigenvalue weighted by Crippen LogP contribution is -2.42. The summed E-state index contributed by atoms with van der Waals surface area (Å²) in [4.78, 5) is 27.5. The van der Waals surface area contributed by atoms with Crippen molar-refractivity contribution < 1.29 is 23.1 Å². The van der Waals surface area contributed by atoms with Gasteiger partial charge in [0.1, 0.15) is 17.4 Å². The number of halogens is 2. The Balaban J connectivity index is 1.60. The van der Waals surface area contributed by atoms with Crippen LogP contribution in [0.2, 0.25) is 0 Å². The molecule has 2 amide bonds. The summed E-state index contributed by atoms with van der Waals surface area (Å²) < 4.78 is 32.7. The van der Waals surface area contributed by atoms with Gasteiger partial charge < -0.3 is 15.0 Å². The van der Waals surface area contributed by atoms with Gasteiger partial charge in [-0.15, -0.1) is 0 Å². The highest BCUT2D eigenvalue weighted by molar-refractivity contribution is 5.94. The van der Waals surface area contributed by atoms with Crippen molar-refractivity contribution in [3.05, 3.63) is 95.1 Å². The summed E-state index contributed by atoms with van der Waals surface area (Å²) in [5, 5.41) is 2.71. The number of amides is 2. The van der Waals surface area contributed by atoms with E-state index in [1.165, 1.54) is 36.4 Å². The van der Waals surface area contributed by atoms with Crippen LogP contribution in [0.5, 0.6) is 5.75 Å². The predicted octanol–water partition coefficient (Wildman–Crippen LogP) is 5.50. The van der Waals surface area contributed by atoms with Gasteiger partial charge in [0.25, 0.3) is 5.91 Å². The largest absolute Gasteiger partial charge is 0.481 e. The topological polar surface area (TPSA) is 58.6 Å². The van der Waals surface area contributed by atoms with E-state index in [4.69, 9.17) is 4.74 Å². The second-order valence-electron chi connectivity index (χ2n) is 9.01. The fourth-order valence-corrected chi connectivity index (χ4v) is 4.27. The molecule has 182 valence electrons. The number of benzene rings is 3. The molecule has 1 N–H and O–H groups in total. The fraction of sp³-hybridized carbons (Fsp3) is 0.286. The van der Waals surface area contributed by atoms with Gasteiger partial charge >= 0.3 is 0 Å². The second-order valence-corrected chi connectivity index (χ2v) is 9.01. The maximum absolute atomic E-state index is 13.6. The molecule has 7 heteroatoms. The SMILES string of the molecule is CC(C)C(=O)N1CCc2ccc(OC(C)C(=O)Nc3ccc(F)cc3)cc2C1c1ccc(F)cc1. The number of rotatable bonds is 6. The minimum atomic E-state index is -0.820. The van der Waals surface area contributed by atoms with Crippen LogP contribution in [0.15, 0.2) is 66.7 Å². The van der Waals surface area contributed by atoms with E-state index in [1.807, 2.05) is 36.9 Å². The quantitative estimate of drug-likeness (QED) is 0.509. The monoisotopic (exact) mass is 478 g/mol. The Morgan fingerprint density at radius 2 is 1.57 bits per heavy atom. The van der Waals surface area contributed by atoms with Crippen LogP contribution >= 0.6 is 0 Å². The van der Waals surface area contributed by atoms with Gasteiger partial charge in [-0.2, -0.15) is 0 Å². The van der Waals surface area contributed by atoms with Crippen molar-refractivity contribution in [1.29, 1.82) is 0 Å². The van der Waals surface area contributed by atoms with Gasteiger partial charge in [0.2, 0.25) is 5.91 Å². The van der Waals surface area contributed by atoms with Crippen LogP contribution in [0.25, 0.3) is 0 Å². The third kappa shape index (κ3) is 5.50. The Labute approximate surface area is 203 Å². The number of nitrogens with zero attached hydrogens (tertiary/aromatic N) is 1. The molecule has 35 heavy (non-hydrogen) atoms. The molecular weight excluding hydrogens is 450 g/mol. The van der Waals surface area contributed by atoms with Crippen LogP contribution < -0.4 is 10.1 Å². The van der Waals surface area contributed by atoms with E-state index in [1.54, 1.807) is 19.1 Å².